The molecule has 2 heterocycles. The number of nitrogens with zero attached hydrogens (tertiary/aromatic N) is 5. The van der Waals surface area contributed by atoms with Crippen LogP contribution in [-0.2, 0) is 26.6 Å². The van der Waals surface area contributed by atoms with Crippen molar-refractivity contribution in [2.24, 2.45) is 7.05 Å². The molecule has 0 aromatic carbocycles. The summed E-state index contributed by atoms with van der Waals surface area (Å²) < 4.78 is 3.86. The predicted octanol–water partition coefficient (Wildman–Crippen LogP) is 0.364. The molecule has 0 fully saturated rings. The largest absolute Gasteiger partial charge is 0.317 e. The van der Waals surface area contributed by atoms with Crippen molar-refractivity contribution >= 4 is 0 Å². The van der Waals surface area contributed by atoms with Gasteiger partial charge in [-0.2, -0.15) is 5.10 Å². The van der Waals surface area contributed by atoms with Gasteiger partial charge in [0.2, 0.25) is 0 Å². The van der Waals surface area contributed by atoms with E-state index < -0.39 is 0 Å². The second kappa shape index (κ2) is 5.58. The van der Waals surface area contributed by atoms with Gasteiger partial charge in [-0.1, -0.05) is 0 Å². The van der Waals surface area contributed by atoms with E-state index in [1.807, 2.05) is 28.7 Å². The van der Waals surface area contributed by atoms with Crippen molar-refractivity contribution in [2.75, 3.05) is 6.54 Å². The minimum absolute atomic E-state index is 0.758. The first-order chi connectivity index (χ1) is 8.29. The van der Waals surface area contributed by atoms with Crippen LogP contribution in [0.25, 0.3) is 0 Å². The van der Waals surface area contributed by atoms with Gasteiger partial charge in [0.25, 0.3) is 0 Å². The Balaban J connectivity index is 1.73. The highest BCUT2D eigenvalue weighted by Crippen LogP contribution is 1.97. The molecule has 0 amide bonds. The topological polar surface area (TPSA) is 60.6 Å². The molecule has 1 N–H and O–H groups in total. The molecule has 2 rings (SSSR count). The van der Waals surface area contributed by atoms with Crippen LogP contribution < -0.4 is 5.32 Å². The third kappa shape index (κ3) is 3.13. The first-order valence-electron chi connectivity index (χ1n) is 5.84. The Bertz CT molecular complexity index is 458. The first kappa shape index (κ1) is 11.8. The van der Waals surface area contributed by atoms with E-state index in [0.29, 0.717) is 0 Å². The molecule has 0 spiro atoms. The molecule has 0 bridgehead atoms. The highest BCUT2D eigenvalue weighted by molar-refractivity contribution is 5.03. The highest BCUT2D eigenvalue weighted by Gasteiger charge is 2.01. The molecule has 6 heteroatoms. The van der Waals surface area contributed by atoms with Gasteiger partial charge in [-0.05, 0) is 25.5 Å². The normalized spacial score (nSPS) is 10.9. The zero-order valence-electron chi connectivity index (χ0n) is 10.3. The summed E-state index contributed by atoms with van der Waals surface area (Å²) in [7, 11) is 1.93. The number of nitrogens with one attached hydrogen (secondary N) is 1. The number of aromatic nitrogens is 5. The van der Waals surface area contributed by atoms with Crippen LogP contribution in [0, 0.1) is 0 Å². The van der Waals surface area contributed by atoms with Crippen molar-refractivity contribution in [3.63, 3.8) is 0 Å². The van der Waals surface area contributed by atoms with E-state index in [9.17, 15) is 0 Å². The van der Waals surface area contributed by atoms with Crippen molar-refractivity contribution in [2.45, 2.75) is 26.4 Å². The Hall–Kier alpha value is -1.69. The lowest BCUT2D eigenvalue weighted by atomic mass is 10.2. The second-order valence-electron chi connectivity index (χ2n) is 3.98. The average Bonchev–Trinajstić information content (AvgIpc) is 2.93. The van der Waals surface area contributed by atoms with E-state index in [2.05, 4.69) is 27.5 Å². The van der Waals surface area contributed by atoms with Gasteiger partial charge in [0.15, 0.2) is 0 Å². The van der Waals surface area contributed by atoms with Gasteiger partial charge in [-0.3, -0.25) is 4.68 Å². The van der Waals surface area contributed by atoms with Crippen molar-refractivity contribution in [3.05, 3.63) is 30.1 Å². The molecule has 0 unspecified atom stereocenters. The van der Waals surface area contributed by atoms with Crippen LogP contribution in [0.1, 0.15) is 18.3 Å². The fourth-order valence-corrected chi connectivity index (χ4v) is 1.71. The van der Waals surface area contributed by atoms with Gasteiger partial charge in [0.05, 0.1) is 12.7 Å². The van der Waals surface area contributed by atoms with Gasteiger partial charge in [0.1, 0.15) is 12.2 Å². The molecule has 0 atom stereocenters. The van der Waals surface area contributed by atoms with Crippen LogP contribution in [0.15, 0.2) is 18.7 Å². The fraction of sp³-hybridized carbons (Fsp3) is 0.545. The fourth-order valence-electron chi connectivity index (χ4n) is 1.71. The van der Waals surface area contributed by atoms with Gasteiger partial charge in [0, 0.05) is 19.8 Å². The summed E-state index contributed by atoms with van der Waals surface area (Å²) in [4.78, 5) is 0. The van der Waals surface area contributed by atoms with Crippen LogP contribution in [0.5, 0.6) is 0 Å². The van der Waals surface area contributed by atoms with Crippen LogP contribution >= 0.6 is 0 Å². The summed E-state index contributed by atoms with van der Waals surface area (Å²) in [6.45, 7) is 4.67. The third-order valence-corrected chi connectivity index (χ3v) is 2.67. The molecule has 2 aromatic heterocycles. The number of hydrogen-bond acceptors (Lipinski definition) is 4. The van der Waals surface area contributed by atoms with E-state index in [0.717, 1.165) is 31.9 Å². The van der Waals surface area contributed by atoms with Crippen molar-refractivity contribution < 1.29 is 0 Å². The second-order valence-corrected chi connectivity index (χ2v) is 3.98. The SMILES string of the molecule is CCn1cnnc1CNCCc1cnn(C)c1. The first-order valence-corrected chi connectivity index (χ1v) is 5.84. The average molecular weight is 234 g/mol. The van der Waals surface area contributed by atoms with Gasteiger partial charge < -0.3 is 9.88 Å². The molecule has 0 saturated heterocycles. The van der Waals surface area contributed by atoms with Crippen molar-refractivity contribution in [1.29, 1.82) is 0 Å². The summed E-state index contributed by atoms with van der Waals surface area (Å²) in [5, 5.41) is 15.5. The Kier molecular flexibility index (Phi) is 3.87. The zero-order chi connectivity index (χ0) is 12.1. The molecule has 0 radical (unpaired) electrons. The molecule has 0 aliphatic rings. The van der Waals surface area contributed by atoms with Crippen molar-refractivity contribution in [1.82, 2.24) is 29.9 Å². The number of aryl methyl sites for hydroxylation is 2. The summed E-state index contributed by atoms with van der Waals surface area (Å²) >= 11 is 0. The summed E-state index contributed by atoms with van der Waals surface area (Å²) in [6, 6.07) is 0. The smallest absolute Gasteiger partial charge is 0.146 e. The minimum atomic E-state index is 0.758. The molecule has 6 nitrogen and oxygen atoms in total. The monoisotopic (exact) mass is 234 g/mol. The molecule has 17 heavy (non-hydrogen) atoms. The lowest BCUT2D eigenvalue weighted by molar-refractivity contribution is 0.612. The van der Waals surface area contributed by atoms with Crippen LogP contribution in [0.3, 0.4) is 0 Å². The molecule has 0 aliphatic heterocycles. The Morgan fingerprint density at radius 2 is 2.29 bits per heavy atom. The number of hydrogen-bond donors (Lipinski definition) is 1. The van der Waals surface area contributed by atoms with E-state index in [4.69, 9.17) is 0 Å². The van der Waals surface area contributed by atoms with Crippen LogP contribution in [0.2, 0.25) is 0 Å². The molecule has 0 saturated carbocycles. The van der Waals surface area contributed by atoms with E-state index >= 15 is 0 Å². The van der Waals surface area contributed by atoms with E-state index in [1.165, 1.54) is 5.56 Å². The molecular formula is C11H18N6. The lowest BCUT2D eigenvalue weighted by Gasteiger charge is -2.04. The molecule has 0 aliphatic carbocycles. The van der Waals surface area contributed by atoms with Gasteiger partial charge in [-0.25, -0.2) is 0 Å². The molecule has 2 aromatic rings. The molecular weight excluding hydrogens is 216 g/mol. The Morgan fingerprint density at radius 3 is 3.00 bits per heavy atom. The van der Waals surface area contributed by atoms with E-state index in [1.54, 1.807) is 6.33 Å². The van der Waals surface area contributed by atoms with Gasteiger partial charge >= 0.3 is 0 Å². The quantitative estimate of drug-likeness (QED) is 0.733. The Labute approximate surface area is 101 Å². The maximum Gasteiger partial charge on any atom is 0.146 e. The predicted molar refractivity (Wildman–Crippen MR) is 64.3 cm³/mol. The zero-order valence-corrected chi connectivity index (χ0v) is 10.3. The number of rotatable bonds is 6. The standard InChI is InChI=1S/C11H18N6/c1-3-17-9-13-15-11(17)7-12-5-4-10-6-14-16(2)8-10/h6,8-9,12H,3-5,7H2,1-2H3. The highest BCUT2D eigenvalue weighted by atomic mass is 15.3. The summed E-state index contributed by atoms with van der Waals surface area (Å²) in [5.41, 5.74) is 1.25. The minimum Gasteiger partial charge on any atom is -0.317 e. The van der Waals surface area contributed by atoms with E-state index in [-0.39, 0.29) is 0 Å². The maximum atomic E-state index is 4.14. The third-order valence-electron chi connectivity index (χ3n) is 2.67. The van der Waals surface area contributed by atoms with Gasteiger partial charge in [-0.15, -0.1) is 10.2 Å². The Morgan fingerprint density at radius 1 is 1.41 bits per heavy atom. The maximum absolute atomic E-state index is 4.14. The summed E-state index contributed by atoms with van der Waals surface area (Å²) in [5.74, 6) is 0.985. The van der Waals surface area contributed by atoms with Crippen molar-refractivity contribution in [3.8, 4) is 0 Å². The lowest BCUT2D eigenvalue weighted by Crippen LogP contribution is -2.19. The molecule has 92 valence electrons. The van der Waals surface area contributed by atoms with Crippen LogP contribution in [-0.4, -0.2) is 31.1 Å². The van der Waals surface area contributed by atoms with Crippen LogP contribution in [0.4, 0.5) is 0 Å². The summed E-state index contributed by atoms with van der Waals surface area (Å²) in [6.07, 6.45) is 6.68.